The molecule has 0 spiro atoms. The van der Waals surface area contributed by atoms with Crippen molar-refractivity contribution in [2.24, 2.45) is 5.92 Å². The van der Waals surface area contributed by atoms with E-state index in [1.54, 1.807) is 0 Å². The molecule has 1 saturated carbocycles. The van der Waals surface area contributed by atoms with Crippen molar-refractivity contribution in [3.63, 3.8) is 0 Å². The summed E-state index contributed by atoms with van der Waals surface area (Å²) in [5.41, 5.74) is 2.59. The molecule has 20 heavy (non-hydrogen) atoms. The normalized spacial score (nSPS) is 20.4. The van der Waals surface area contributed by atoms with Crippen LogP contribution in [0, 0.1) is 12.8 Å². The zero-order valence-electron chi connectivity index (χ0n) is 12.5. The molecular weight excluding hydrogens is 248 g/mol. The summed E-state index contributed by atoms with van der Waals surface area (Å²) in [7, 11) is 0. The Labute approximate surface area is 122 Å². The standard InChI is InChI=1S/C17H26N2O/c1-14-12-16(19-10-8-18-9-11-19)6-7-17(14)20-13-15-4-2-3-5-15/h6-7,12,15,18H,2-5,8-11,13H2,1H3. The summed E-state index contributed by atoms with van der Waals surface area (Å²) >= 11 is 0. The van der Waals surface area contributed by atoms with Crippen molar-refractivity contribution < 1.29 is 4.74 Å². The second kappa shape index (κ2) is 6.49. The minimum Gasteiger partial charge on any atom is -0.493 e. The number of ether oxygens (including phenoxy) is 1. The largest absolute Gasteiger partial charge is 0.493 e. The lowest BCUT2D eigenvalue weighted by molar-refractivity contribution is 0.251. The van der Waals surface area contributed by atoms with Gasteiger partial charge in [-0.2, -0.15) is 0 Å². The Morgan fingerprint density at radius 3 is 2.65 bits per heavy atom. The number of benzene rings is 1. The number of hydrogen-bond acceptors (Lipinski definition) is 3. The quantitative estimate of drug-likeness (QED) is 0.913. The summed E-state index contributed by atoms with van der Waals surface area (Å²) in [6.45, 7) is 7.42. The highest BCUT2D eigenvalue weighted by atomic mass is 16.5. The first kappa shape index (κ1) is 13.7. The molecule has 1 heterocycles. The molecule has 1 aromatic carbocycles. The van der Waals surface area contributed by atoms with Gasteiger partial charge in [0, 0.05) is 31.9 Å². The van der Waals surface area contributed by atoms with E-state index in [9.17, 15) is 0 Å². The van der Waals surface area contributed by atoms with E-state index < -0.39 is 0 Å². The van der Waals surface area contributed by atoms with Gasteiger partial charge in [-0.25, -0.2) is 0 Å². The summed E-state index contributed by atoms with van der Waals surface area (Å²) < 4.78 is 6.03. The number of piperazine rings is 1. The summed E-state index contributed by atoms with van der Waals surface area (Å²) in [6.07, 6.45) is 5.46. The molecule has 0 unspecified atom stereocenters. The van der Waals surface area contributed by atoms with Crippen LogP contribution >= 0.6 is 0 Å². The van der Waals surface area contributed by atoms with E-state index in [-0.39, 0.29) is 0 Å². The SMILES string of the molecule is Cc1cc(N2CCNCC2)ccc1OCC1CCCC1. The van der Waals surface area contributed by atoms with Crippen LogP contribution in [-0.2, 0) is 0 Å². The molecule has 3 rings (SSSR count). The van der Waals surface area contributed by atoms with E-state index in [0.717, 1.165) is 44.5 Å². The van der Waals surface area contributed by atoms with Crippen LogP contribution in [0.15, 0.2) is 18.2 Å². The fourth-order valence-electron chi connectivity index (χ4n) is 3.30. The predicted octanol–water partition coefficient (Wildman–Crippen LogP) is 2.97. The molecule has 0 bridgehead atoms. The van der Waals surface area contributed by atoms with Crippen molar-refractivity contribution in [3.05, 3.63) is 23.8 Å². The summed E-state index contributed by atoms with van der Waals surface area (Å²) in [5.74, 6) is 1.85. The van der Waals surface area contributed by atoms with Gasteiger partial charge in [-0.15, -0.1) is 0 Å². The third kappa shape index (κ3) is 3.26. The average Bonchev–Trinajstić information content (AvgIpc) is 3.00. The van der Waals surface area contributed by atoms with E-state index in [1.807, 2.05) is 0 Å². The number of anilines is 1. The van der Waals surface area contributed by atoms with E-state index >= 15 is 0 Å². The van der Waals surface area contributed by atoms with E-state index in [4.69, 9.17) is 4.74 Å². The van der Waals surface area contributed by atoms with Gasteiger partial charge in [-0.05, 0) is 49.4 Å². The number of hydrogen-bond donors (Lipinski definition) is 1. The molecule has 1 N–H and O–H groups in total. The Bertz CT molecular complexity index is 435. The molecule has 1 aromatic rings. The first-order chi connectivity index (χ1) is 9.83. The van der Waals surface area contributed by atoms with Gasteiger partial charge in [-0.3, -0.25) is 0 Å². The molecule has 1 aliphatic carbocycles. The van der Waals surface area contributed by atoms with Gasteiger partial charge in [0.2, 0.25) is 0 Å². The summed E-state index contributed by atoms with van der Waals surface area (Å²) in [4.78, 5) is 2.45. The Kier molecular flexibility index (Phi) is 4.46. The Balaban J connectivity index is 1.61. The second-order valence-corrected chi connectivity index (χ2v) is 6.15. The molecule has 3 nitrogen and oxygen atoms in total. The van der Waals surface area contributed by atoms with Crippen LogP contribution in [0.4, 0.5) is 5.69 Å². The van der Waals surface area contributed by atoms with Gasteiger partial charge >= 0.3 is 0 Å². The fraction of sp³-hybridized carbons (Fsp3) is 0.647. The molecule has 110 valence electrons. The molecule has 2 aliphatic rings. The van der Waals surface area contributed by atoms with Gasteiger partial charge in [0.05, 0.1) is 6.61 Å². The molecule has 3 heteroatoms. The number of nitrogens with zero attached hydrogens (tertiary/aromatic N) is 1. The van der Waals surface area contributed by atoms with Gasteiger partial charge in [0.1, 0.15) is 5.75 Å². The lowest BCUT2D eigenvalue weighted by Gasteiger charge is -2.30. The average molecular weight is 274 g/mol. The zero-order chi connectivity index (χ0) is 13.8. The highest BCUT2D eigenvalue weighted by Gasteiger charge is 2.16. The second-order valence-electron chi connectivity index (χ2n) is 6.15. The molecule has 1 aliphatic heterocycles. The highest BCUT2D eigenvalue weighted by molar-refractivity contribution is 5.53. The van der Waals surface area contributed by atoms with E-state index in [2.05, 4.69) is 35.3 Å². The van der Waals surface area contributed by atoms with E-state index in [0.29, 0.717) is 0 Å². The maximum Gasteiger partial charge on any atom is 0.122 e. The van der Waals surface area contributed by atoms with Crippen molar-refractivity contribution in [2.75, 3.05) is 37.7 Å². The van der Waals surface area contributed by atoms with Gasteiger partial charge in [0.25, 0.3) is 0 Å². The minimum absolute atomic E-state index is 0.780. The van der Waals surface area contributed by atoms with Crippen molar-refractivity contribution in [1.82, 2.24) is 5.32 Å². The highest BCUT2D eigenvalue weighted by Crippen LogP contribution is 2.28. The van der Waals surface area contributed by atoms with Gasteiger partial charge in [-0.1, -0.05) is 12.8 Å². The monoisotopic (exact) mass is 274 g/mol. The van der Waals surface area contributed by atoms with Crippen molar-refractivity contribution in [1.29, 1.82) is 0 Å². The molecule has 0 aromatic heterocycles. The van der Waals surface area contributed by atoms with Crippen molar-refractivity contribution >= 4 is 5.69 Å². The van der Waals surface area contributed by atoms with Crippen LogP contribution < -0.4 is 15.0 Å². The predicted molar refractivity (Wildman–Crippen MR) is 83.7 cm³/mol. The minimum atomic E-state index is 0.780. The zero-order valence-corrected chi connectivity index (χ0v) is 12.5. The Morgan fingerprint density at radius 1 is 1.20 bits per heavy atom. The Hall–Kier alpha value is -1.22. The lowest BCUT2D eigenvalue weighted by atomic mass is 10.1. The first-order valence-corrected chi connectivity index (χ1v) is 8.02. The van der Waals surface area contributed by atoms with Crippen LogP contribution in [0.1, 0.15) is 31.2 Å². The molecule has 0 radical (unpaired) electrons. The maximum absolute atomic E-state index is 6.03. The number of nitrogens with one attached hydrogen (secondary N) is 1. The fourth-order valence-corrected chi connectivity index (χ4v) is 3.30. The third-order valence-electron chi connectivity index (χ3n) is 4.59. The van der Waals surface area contributed by atoms with Crippen molar-refractivity contribution in [2.45, 2.75) is 32.6 Å². The van der Waals surface area contributed by atoms with Crippen LogP contribution in [0.25, 0.3) is 0 Å². The molecular formula is C17H26N2O. The topological polar surface area (TPSA) is 24.5 Å². The van der Waals surface area contributed by atoms with Crippen LogP contribution in [0.3, 0.4) is 0 Å². The summed E-state index contributed by atoms with van der Waals surface area (Å²) in [5, 5.41) is 3.40. The third-order valence-corrected chi connectivity index (χ3v) is 4.59. The molecule has 0 atom stereocenters. The van der Waals surface area contributed by atoms with Gasteiger partial charge in [0.15, 0.2) is 0 Å². The Morgan fingerprint density at radius 2 is 1.95 bits per heavy atom. The summed E-state index contributed by atoms with van der Waals surface area (Å²) in [6, 6.07) is 6.64. The van der Waals surface area contributed by atoms with Crippen LogP contribution in [0.5, 0.6) is 5.75 Å². The smallest absolute Gasteiger partial charge is 0.122 e. The van der Waals surface area contributed by atoms with Gasteiger partial charge < -0.3 is 15.0 Å². The van der Waals surface area contributed by atoms with Crippen molar-refractivity contribution in [3.8, 4) is 5.75 Å². The van der Waals surface area contributed by atoms with Crippen LogP contribution in [-0.4, -0.2) is 32.8 Å². The molecule has 2 fully saturated rings. The molecule has 0 amide bonds. The lowest BCUT2D eigenvalue weighted by Crippen LogP contribution is -2.43. The number of aryl methyl sites for hydroxylation is 1. The first-order valence-electron chi connectivity index (χ1n) is 8.02. The van der Waals surface area contributed by atoms with E-state index in [1.165, 1.54) is 36.9 Å². The molecule has 1 saturated heterocycles. The van der Waals surface area contributed by atoms with Crippen LogP contribution in [0.2, 0.25) is 0 Å². The number of rotatable bonds is 4. The maximum atomic E-state index is 6.03.